The van der Waals surface area contributed by atoms with Gasteiger partial charge in [-0.2, -0.15) is 0 Å². The molecule has 8 aliphatic heterocycles. The Morgan fingerprint density at radius 3 is 1.37 bits per heavy atom. The number of piperidine rings is 2. The molecular weight excluding hydrogens is 1310 g/mol. The summed E-state index contributed by atoms with van der Waals surface area (Å²) in [5.41, 5.74) is 10.9. The third-order valence-electron chi connectivity index (χ3n) is 16.1. The van der Waals surface area contributed by atoms with Gasteiger partial charge in [-0.3, -0.25) is 34.2 Å². The number of ether oxygens (including phenoxy) is 1. The average molecular weight is 1390 g/mol. The fourth-order valence-electron chi connectivity index (χ4n) is 11.7. The molecule has 10 N–H and O–H groups in total. The summed E-state index contributed by atoms with van der Waals surface area (Å²) >= 11 is 24.4. The SMILES string of the molecule is CC[C@H]1CN(C2=NC3NC(=O)NCCNC(=O)C3N=C2Cl)CCN1C1CCN(C(=O)OC(C)(C)C)CC1.CC[C@H]1CN(C2=NC3NC(=O)NCCNC(=O)C3N=C2Cl)CCN1C1CCN(C(=O)c2ccc(Cl)nc2N)CC1.FF.FF.Nc1nc(Cl)ccc1C(=O)[O-].[HH].[Li+]. The zero-order chi connectivity index (χ0) is 67.6. The van der Waals surface area contributed by atoms with E-state index in [2.05, 4.69) is 90.3 Å². The van der Waals surface area contributed by atoms with E-state index in [1.165, 1.54) is 12.1 Å². The first-order valence-electron chi connectivity index (χ1n) is 29.8. The van der Waals surface area contributed by atoms with Crippen LogP contribution in [0, 0.1) is 0 Å². The molecule has 0 radical (unpaired) electrons. The Kier molecular flexibility index (Phi) is 30.0. The van der Waals surface area contributed by atoms with Crippen molar-refractivity contribution in [2.75, 3.05) is 103 Å². The number of amidine groups is 2. The van der Waals surface area contributed by atoms with Gasteiger partial charge in [-0.15, -0.1) is 0 Å². The van der Waals surface area contributed by atoms with Gasteiger partial charge in [0.15, 0.2) is 46.4 Å². The molecule has 10 rings (SSSR count). The van der Waals surface area contributed by atoms with E-state index in [1.54, 1.807) is 17.0 Å². The normalized spacial score (nSPS) is 24.1. The number of fused-ring (bicyclic) bond motifs is 2. The van der Waals surface area contributed by atoms with Gasteiger partial charge < -0.3 is 77.6 Å². The van der Waals surface area contributed by atoms with Crippen LogP contribution in [0.4, 0.5) is 44.3 Å². The molecule has 2 aromatic rings. The number of urea groups is 2. The number of likely N-dealkylation sites (tertiary alicyclic amines) is 2. The number of carbonyl (C=O) groups is 7. The molecule has 0 aromatic carbocycles. The molecule has 0 bridgehead atoms. The van der Waals surface area contributed by atoms with E-state index in [9.17, 15) is 38.7 Å². The third kappa shape index (κ3) is 20.9. The molecule has 0 spiro atoms. The average Bonchev–Trinajstić information content (AvgIpc) is 1.10. The number of halogens is 8. The second-order valence-corrected chi connectivity index (χ2v) is 24.5. The number of carbonyl (C=O) groups excluding carboxylic acids is 7. The molecule has 6 fully saturated rings. The minimum Gasteiger partial charge on any atom is -0.545 e. The first kappa shape index (κ1) is 77.0. The number of anilines is 2. The second-order valence-electron chi connectivity index (χ2n) is 23.0. The maximum Gasteiger partial charge on any atom is 1.00 e. The molecule has 0 aliphatic carbocycles. The number of hydrogen-bond donors (Lipinski definition) is 8. The molecule has 8 amide bonds. The maximum atomic E-state index is 13.0. The molecule has 0 saturated carbocycles. The van der Waals surface area contributed by atoms with Crippen LogP contribution in [-0.4, -0.2) is 249 Å². The number of pyridine rings is 2. The van der Waals surface area contributed by atoms with Crippen molar-refractivity contribution in [1.82, 2.24) is 71.3 Å². The quantitative estimate of drug-likeness (QED) is 0.108. The summed E-state index contributed by atoms with van der Waals surface area (Å²) in [6.07, 6.45) is 3.44. The molecule has 93 heavy (non-hydrogen) atoms. The van der Waals surface area contributed by atoms with E-state index in [1.807, 2.05) is 25.7 Å². The number of nitrogens with two attached hydrogens (primary N) is 2. The fourth-order valence-corrected chi connectivity index (χ4v) is 12.6. The van der Waals surface area contributed by atoms with Crippen LogP contribution in [0.25, 0.3) is 0 Å². The van der Waals surface area contributed by atoms with Crippen molar-refractivity contribution >= 4 is 122 Å². The largest absolute Gasteiger partial charge is 1.00 e. The maximum absolute atomic E-state index is 13.0. The number of hydrogen-bond acceptors (Lipinski definition) is 21. The van der Waals surface area contributed by atoms with E-state index in [0.717, 1.165) is 51.6 Å². The monoisotopic (exact) mass is 1390 g/mol. The molecular formula is C55H79Cl4F4LiN20O9. The second kappa shape index (κ2) is 36.2. The summed E-state index contributed by atoms with van der Waals surface area (Å²) in [6, 6.07) is 4.40. The number of rotatable bonds is 6. The summed E-state index contributed by atoms with van der Waals surface area (Å²) < 4.78 is 37.5. The zero-order valence-corrected chi connectivity index (χ0v) is 55.3. The van der Waals surface area contributed by atoms with Crippen molar-refractivity contribution in [3.8, 4) is 0 Å². The Morgan fingerprint density at radius 1 is 0.602 bits per heavy atom. The summed E-state index contributed by atoms with van der Waals surface area (Å²) in [7, 11) is 0. The first-order chi connectivity index (χ1) is 43.9. The van der Waals surface area contributed by atoms with E-state index in [0.29, 0.717) is 108 Å². The summed E-state index contributed by atoms with van der Waals surface area (Å²) in [4.78, 5) is 124. The van der Waals surface area contributed by atoms with Gasteiger partial charge in [-0.25, -0.2) is 34.3 Å². The van der Waals surface area contributed by atoms with Gasteiger partial charge in [-0.05, 0) is 83.6 Å². The van der Waals surface area contributed by atoms with Gasteiger partial charge in [0.2, 0.25) is 11.8 Å². The van der Waals surface area contributed by atoms with E-state index < -0.39 is 48.0 Å². The van der Waals surface area contributed by atoms with E-state index in [4.69, 9.17) is 85.9 Å². The van der Waals surface area contributed by atoms with Gasteiger partial charge in [-0.1, -0.05) is 60.3 Å². The van der Waals surface area contributed by atoms with Crippen LogP contribution in [0.5, 0.6) is 0 Å². The van der Waals surface area contributed by atoms with Gasteiger partial charge in [0.1, 0.15) is 27.5 Å². The van der Waals surface area contributed by atoms with Crippen molar-refractivity contribution in [3.63, 3.8) is 0 Å². The zero-order valence-electron chi connectivity index (χ0n) is 52.3. The number of nitrogens with zero attached hydrogens (tertiary/aromatic N) is 12. The number of carboxylic acid groups (broad SMARTS) is 1. The number of aromatic carboxylic acids is 1. The molecule has 6 saturated heterocycles. The predicted octanol–water partition coefficient (Wildman–Crippen LogP) is 0.0578. The smallest absolute Gasteiger partial charge is 0.545 e. The van der Waals surface area contributed by atoms with Crippen LogP contribution in [0.2, 0.25) is 10.3 Å². The van der Waals surface area contributed by atoms with Crippen LogP contribution in [0.3, 0.4) is 0 Å². The number of aromatic nitrogens is 2. The predicted molar refractivity (Wildman–Crippen MR) is 338 cm³/mol. The van der Waals surface area contributed by atoms with Crippen molar-refractivity contribution in [3.05, 3.63) is 45.7 Å². The number of amides is 8. The van der Waals surface area contributed by atoms with Crippen LogP contribution < -0.4 is 67.3 Å². The molecule has 8 aliphatic rings. The number of aliphatic imine (C=N–C) groups is 4. The Balaban J connectivity index is 0.000000324. The number of nitrogen functional groups attached to an aromatic ring is 2. The van der Waals surface area contributed by atoms with Crippen molar-refractivity contribution in [2.45, 2.75) is 127 Å². The summed E-state index contributed by atoms with van der Waals surface area (Å²) in [5.74, 6) is -1.11. The first-order valence-corrected chi connectivity index (χ1v) is 31.3. The summed E-state index contributed by atoms with van der Waals surface area (Å²) in [6.45, 7) is 18.2. The number of carboxylic acids is 1. The number of nitrogens with one attached hydrogen (secondary N) is 6. The molecule has 38 heteroatoms. The van der Waals surface area contributed by atoms with Crippen LogP contribution >= 0.6 is 46.4 Å². The van der Waals surface area contributed by atoms with Crippen molar-refractivity contribution < 1.29 is 82.0 Å². The Labute approximate surface area is 568 Å². The number of piperazine rings is 2. The summed E-state index contributed by atoms with van der Waals surface area (Å²) in [5, 5.41) is 27.4. The van der Waals surface area contributed by atoms with Crippen LogP contribution in [0.1, 0.15) is 95.3 Å². The molecule has 4 unspecified atom stereocenters. The van der Waals surface area contributed by atoms with Crippen LogP contribution in [-0.2, 0) is 14.3 Å². The standard InChI is InChI=1S/C25H34Cl2N10O3.C24H39ClN8O4.C6H5ClN2O2.2F2.Li.H2/c1-2-14-13-36(22-19(27)32-18-21(33-22)34-25(40)30-8-7-29-23(18)38)11-12-37(14)15-5-9-35(10-6-15)24(39)16-3-4-17(26)31-20(16)28;1-5-15-14-32(12-13-33(15)16-6-10-31(11-7-16)23(36)37-24(2,3)4)20-18(25)28-17-19(29-20)30-22(35)27-9-8-26-21(17)34;7-4-2-1-3(6(10)11)5(8)9-4;2*1-2;;/h3-4,14-15,18,21H,2,5-13H2,1H3,(H2,28,31)(H,29,38)(H2,30,34,40);15-17,19H,5-14H2,1-4H3,(H,26,34)(H2,27,30,35);1-2H,(H2,8,9)(H,10,11);;;;1H/q;;;;;+1;/p-1/t14-,18?,21?;15-,17?,19?;;;;;/m00...../s1. The van der Waals surface area contributed by atoms with Crippen molar-refractivity contribution in [2.24, 2.45) is 20.0 Å². The van der Waals surface area contributed by atoms with Gasteiger partial charge in [0, 0.05) is 141 Å². The van der Waals surface area contributed by atoms with Gasteiger partial charge in [0.05, 0.1) is 11.5 Å². The topological polar surface area (TPSA) is 371 Å². The Morgan fingerprint density at radius 2 is 0.989 bits per heavy atom. The third-order valence-corrected chi connectivity index (χ3v) is 17.1. The van der Waals surface area contributed by atoms with Crippen molar-refractivity contribution in [1.29, 1.82) is 0 Å². The van der Waals surface area contributed by atoms with E-state index >= 15 is 0 Å². The Hall–Kier alpha value is -6.73. The minimum atomic E-state index is -1.35. The van der Waals surface area contributed by atoms with Gasteiger partial charge in [0.25, 0.3) is 5.91 Å². The molecule has 10 heterocycles. The molecule has 6 atom stereocenters. The molecule has 510 valence electrons. The minimum absolute atomic E-state index is 0. The molecule has 29 nitrogen and oxygen atoms in total. The van der Waals surface area contributed by atoms with Crippen LogP contribution in [0.15, 0.2) is 44.2 Å². The Bertz CT molecular complexity index is 3080. The van der Waals surface area contributed by atoms with Gasteiger partial charge >= 0.3 is 37.0 Å². The fraction of sp³-hybridized carbons (Fsp3) is 0.618. The van der Waals surface area contributed by atoms with E-state index in [-0.39, 0.29) is 94.0 Å². The molecule has 2 aromatic heterocycles.